The minimum Gasteiger partial charge on any atom is -0.430 e. The van der Waals surface area contributed by atoms with Crippen LogP contribution in [0.25, 0.3) is 0 Å². The van der Waals surface area contributed by atoms with Crippen molar-refractivity contribution in [1.82, 2.24) is 14.3 Å². The first kappa shape index (κ1) is 22.9. The van der Waals surface area contributed by atoms with Gasteiger partial charge in [0.2, 0.25) is 0 Å². The van der Waals surface area contributed by atoms with Crippen LogP contribution in [-0.4, -0.2) is 46.3 Å². The lowest BCUT2D eigenvalue weighted by Crippen LogP contribution is -2.49. The summed E-state index contributed by atoms with van der Waals surface area (Å²) in [5, 5.41) is 0.366. The average Bonchev–Trinajstić information content (AvgIpc) is 3.32. The number of rotatable bonds is 6. The SMILES string of the molecule is O=C(c1cccc(Oc2nc(Cc3ccc(F)cc3)ns2)c1)N1CCN(c2ccccc2F)CC1. The summed E-state index contributed by atoms with van der Waals surface area (Å²) in [4.78, 5) is 21.2. The van der Waals surface area contributed by atoms with Crippen molar-refractivity contribution >= 4 is 23.1 Å². The minimum absolute atomic E-state index is 0.0992. The first-order valence-electron chi connectivity index (χ1n) is 11.2. The van der Waals surface area contributed by atoms with E-state index >= 15 is 0 Å². The molecule has 0 spiro atoms. The molecule has 178 valence electrons. The Morgan fingerprint density at radius 3 is 2.49 bits per heavy atom. The average molecular weight is 493 g/mol. The summed E-state index contributed by atoms with van der Waals surface area (Å²) in [7, 11) is 0. The van der Waals surface area contributed by atoms with Gasteiger partial charge in [0.25, 0.3) is 11.1 Å². The monoisotopic (exact) mass is 492 g/mol. The van der Waals surface area contributed by atoms with Gasteiger partial charge in [0.1, 0.15) is 17.4 Å². The summed E-state index contributed by atoms with van der Waals surface area (Å²) in [5.41, 5.74) is 1.97. The van der Waals surface area contributed by atoms with Gasteiger partial charge in [-0.2, -0.15) is 9.36 Å². The zero-order valence-electron chi connectivity index (χ0n) is 18.7. The molecule has 9 heteroatoms. The van der Waals surface area contributed by atoms with Gasteiger partial charge in [-0.05, 0) is 48.0 Å². The molecule has 1 amide bonds. The van der Waals surface area contributed by atoms with Crippen LogP contribution in [0, 0.1) is 11.6 Å². The van der Waals surface area contributed by atoms with Gasteiger partial charge in [-0.3, -0.25) is 4.79 Å². The lowest BCUT2D eigenvalue weighted by Gasteiger charge is -2.36. The van der Waals surface area contributed by atoms with Crippen molar-refractivity contribution in [2.75, 3.05) is 31.1 Å². The van der Waals surface area contributed by atoms with Crippen LogP contribution < -0.4 is 9.64 Å². The quantitative estimate of drug-likeness (QED) is 0.372. The third kappa shape index (κ3) is 5.46. The zero-order chi connectivity index (χ0) is 24.2. The third-order valence-corrected chi connectivity index (χ3v) is 6.40. The van der Waals surface area contributed by atoms with E-state index in [4.69, 9.17) is 4.74 Å². The number of anilines is 1. The predicted octanol–water partition coefficient (Wildman–Crippen LogP) is 5.16. The number of aromatic nitrogens is 2. The molecule has 3 aromatic carbocycles. The molecule has 1 aliphatic heterocycles. The van der Waals surface area contributed by atoms with Crippen LogP contribution in [-0.2, 0) is 6.42 Å². The highest BCUT2D eigenvalue weighted by molar-refractivity contribution is 7.07. The van der Waals surface area contributed by atoms with E-state index < -0.39 is 0 Å². The molecule has 1 saturated heterocycles. The van der Waals surface area contributed by atoms with E-state index in [9.17, 15) is 13.6 Å². The molecule has 0 radical (unpaired) electrons. The largest absolute Gasteiger partial charge is 0.430 e. The first-order chi connectivity index (χ1) is 17.0. The number of para-hydroxylation sites is 1. The Morgan fingerprint density at radius 1 is 0.943 bits per heavy atom. The molecular formula is C26H22F2N4O2S. The lowest BCUT2D eigenvalue weighted by atomic mass is 10.1. The van der Waals surface area contributed by atoms with Crippen molar-refractivity contribution in [2.45, 2.75) is 6.42 Å². The molecule has 1 aromatic heterocycles. The van der Waals surface area contributed by atoms with Gasteiger partial charge in [0.15, 0.2) is 5.82 Å². The van der Waals surface area contributed by atoms with Crippen LogP contribution in [0.3, 0.4) is 0 Å². The summed E-state index contributed by atoms with van der Waals surface area (Å²) in [5.74, 6) is 0.430. The number of ether oxygens (including phenoxy) is 1. The first-order valence-corrected chi connectivity index (χ1v) is 12.0. The van der Waals surface area contributed by atoms with Gasteiger partial charge in [0.05, 0.1) is 5.69 Å². The molecule has 1 fully saturated rings. The molecule has 0 saturated carbocycles. The van der Waals surface area contributed by atoms with Crippen LogP contribution in [0.15, 0.2) is 72.8 Å². The number of benzene rings is 3. The molecule has 6 nitrogen and oxygen atoms in total. The molecule has 5 rings (SSSR count). The number of nitrogens with zero attached hydrogens (tertiary/aromatic N) is 4. The van der Waals surface area contributed by atoms with E-state index in [0.29, 0.717) is 60.6 Å². The molecule has 4 aromatic rings. The van der Waals surface area contributed by atoms with Crippen LogP contribution >= 0.6 is 11.5 Å². The Morgan fingerprint density at radius 2 is 1.71 bits per heavy atom. The van der Waals surface area contributed by atoms with Crippen molar-refractivity contribution in [3.8, 4) is 10.9 Å². The van der Waals surface area contributed by atoms with Crippen LogP contribution in [0.1, 0.15) is 21.7 Å². The summed E-state index contributed by atoms with van der Waals surface area (Å²) in [6.45, 7) is 2.12. The number of carbonyl (C=O) groups is 1. The number of carbonyl (C=O) groups excluding carboxylic acids is 1. The van der Waals surface area contributed by atoms with Gasteiger partial charge in [0, 0.05) is 49.7 Å². The van der Waals surface area contributed by atoms with Gasteiger partial charge in [-0.25, -0.2) is 8.78 Å². The standard InChI is InChI=1S/C26H22F2N4O2S/c27-20-10-8-18(9-11-20)16-24-29-26(35-30-24)34-21-5-3-4-19(17-21)25(33)32-14-12-31(13-15-32)23-7-2-1-6-22(23)28/h1-11,17H,12-16H2. The summed E-state index contributed by atoms with van der Waals surface area (Å²) >= 11 is 1.12. The number of amides is 1. The Hall–Kier alpha value is -3.85. The van der Waals surface area contributed by atoms with E-state index in [1.54, 1.807) is 53.4 Å². The lowest BCUT2D eigenvalue weighted by molar-refractivity contribution is 0.0746. The molecule has 2 heterocycles. The molecule has 1 aliphatic rings. The molecule has 0 atom stereocenters. The van der Waals surface area contributed by atoms with E-state index in [0.717, 1.165) is 17.1 Å². The summed E-state index contributed by atoms with van der Waals surface area (Å²) in [6.07, 6.45) is 0.470. The fourth-order valence-electron chi connectivity index (χ4n) is 3.97. The second kappa shape index (κ2) is 10.2. The Kier molecular flexibility index (Phi) is 6.67. The second-order valence-electron chi connectivity index (χ2n) is 8.14. The summed E-state index contributed by atoms with van der Waals surface area (Å²) in [6, 6.07) is 19.8. The van der Waals surface area contributed by atoms with Gasteiger partial charge < -0.3 is 14.5 Å². The van der Waals surface area contributed by atoms with E-state index in [1.165, 1.54) is 18.2 Å². The second-order valence-corrected chi connectivity index (χ2v) is 8.85. The molecule has 0 N–H and O–H groups in total. The number of piperazine rings is 1. The van der Waals surface area contributed by atoms with Gasteiger partial charge >= 0.3 is 0 Å². The van der Waals surface area contributed by atoms with E-state index in [2.05, 4.69) is 9.36 Å². The Balaban J connectivity index is 1.20. The number of halogens is 2. The Labute approximate surface area is 205 Å². The molecular weight excluding hydrogens is 470 g/mol. The van der Waals surface area contributed by atoms with Crippen molar-refractivity contribution in [1.29, 1.82) is 0 Å². The Bertz CT molecular complexity index is 1320. The summed E-state index contributed by atoms with van der Waals surface area (Å²) < 4.78 is 37.3. The molecule has 35 heavy (non-hydrogen) atoms. The van der Waals surface area contributed by atoms with Crippen molar-refractivity contribution in [2.24, 2.45) is 0 Å². The fraction of sp³-hybridized carbons (Fsp3) is 0.192. The smallest absolute Gasteiger partial charge is 0.298 e. The van der Waals surface area contributed by atoms with Gasteiger partial charge in [-0.15, -0.1) is 0 Å². The van der Waals surface area contributed by atoms with Crippen LogP contribution in [0.4, 0.5) is 14.5 Å². The van der Waals surface area contributed by atoms with Crippen molar-refractivity contribution in [3.63, 3.8) is 0 Å². The van der Waals surface area contributed by atoms with E-state index in [-0.39, 0.29) is 17.5 Å². The topological polar surface area (TPSA) is 58.6 Å². The minimum atomic E-state index is -0.287. The fourth-order valence-corrected chi connectivity index (χ4v) is 4.54. The van der Waals surface area contributed by atoms with Crippen molar-refractivity contribution < 1.29 is 18.3 Å². The zero-order valence-corrected chi connectivity index (χ0v) is 19.5. The molecule has 0 bridgehead atoms. The normalized spacial score (nSPS) is 13.7. The maximum absolute atomic E-state index is 14.1. The maximum atomic E-state index is 14.1. The molecule has 0 aliphatic carbocycles. The predicted molar refractivity (Wildman–Crippen MR) is 130 cm³/mol. The highest BCUT2D eigenvalue weighted by Gasteiger charge is 2.24. The van der Waals surface area contributed by atoms with Crippen LogP contribution in [0.2, 0.25) is 0 Å². The number of hydrogen-bond acceptors (Lipinski definition) is 6. The maximum Gasteiger partial charge on any atom is 0.298 e. The molecule has 0 unspecified atom stereocenters. The van der Waals surface area contributed by atoms with Gasteiger partial charge in [-0.1, -0.05) is 30.3 Å². The van der Waals surface area contributed by atoms with Crippen molar-refractivity contribution in [3.05, 3.63) is 101 Å². The number of hydrogen-bond donors (Lipinski definition) is 0. The highest BCUT2D eigenvalue weighted by atomic mass is 32.1. The third-order valence-electron chi connectivity index (χ3n) is 5.77. The highest BCUT2D eigenvalue weighted by Crippen LogP contribution is 2.26. The van der Waals surface area contributed by atoms with Crippen LogP contribution in [0.5, 0.6) is 10.9 Å². The van der Waals surface area contributed by atoms with E-state index in [1.807, 2.05) is 11.0 Å².